The summed E-state index contributed by atoms with van der Waals surface area (Å²) >= 11 is 0. The topological polar surface area (TPSA) is 26.0 Å². The zero-order chi connectivity index (χ0) is 15.9. The fourth-order valence-electron chi connectivity index (χ4n) is 4.56. The van der Waals surface area contributed by atoms with E-state index < -0.39 is 0 Å². The fraction of sp³-hybridized carbons (Fsp3) is 1.00. The first kappa shape index (κ1) is 18.0. The van der Waals surface area contributed by atoms with Crippen LogP contribution in [0.2, 0.25) is 0 Å². The molecule has 2 N–H and O–H groups in total. The van der Waals surface area contributed by atoms with Crippen LogP contribution in [0.1, 0.15) is 75.2 Å². The number of nitrogens with two attached hydrogens (primary N) is 1. The van der Waals surface area contributed by atoms with Crippen LogP contribution >= 0.6 is 0 Å². The monoisotopic (exact) mass is 281 g/mol. The first-order chi connectivity index (χ1) is 8.90. The molecule has 1 fully saturated rings. The van der Waals surface area contributed by atoms with E-state index in [0.29, 0.717) is 29.2 Å². The second kappa shape index (κ2) is 5.99. The van der Waals surface area contributed by atoms with Crippen LogP contribution in [0.4, 0.5) is 0 Å². The Morgan fingerprint density at radius 1 is 0.850 bits per heavy atom. The van der Waals surface area contributed by atoms with Crippen LogP contribution in [0.15, 0.2) is 0 Å². The van der Waals surface area contributed by atoms with Gasteiger partial charge in [-0.2, -0.15) is 0 Å². The summed E-state index contributed by atoms with van der Waals surface area (Å²) < 4.78 is 0. The molecule has 120 valence electrons. The van der Waals surface area contributed by atoms with E-state index in [1.54, 1.807) is 0 Å². The Morgan fingerprint density at radius 3 is 1.70 bits per heavy atom. The summed E-state index contributed by atoms with van der Waals surface area (Å²) in [5.74, 6) is 3.51. The minimum Gasteiger partial charge on any atom is -0.327 e. The number of hydrogen-bond donors (Lipinski definition) is 1. The van der Waals surface area contributed by atoms with Crippen molar-refractivity contribution in [2.45, 2.75) is 81.2 Å². The molecular formula is C19H39N. The van der Waals surface area contributed by atoms with E-state index in [1.165, 1.54) is 12.8 Å². The number of hydrogen-bond acceptors (Lipinski definition) is 1. The van der Waals surface area contributed by atoms with Crippen LogP contribution in [-0.2, 0) is 0 Å². The van der Waals surface area contributed by atoms with Gasteiger partial charge in [0.25, 0.3) is 0 Å². The van der Waals surface area contributed by atoms with Crippen molar-refractivity contribution in [2.75, 3.05) is 0 Å². The maximum atomic E-state index is 6.80. The largest absolute Gasteiger partial charge is 0.327 e. The van der Waals surface area contributed by atoms with Crippen molar-refractivity contribution >= 4 is 0 Å². The summed E-state index contributed by atoms with van der Waals surface area (Å²) in [5, 5.41) is 0. The van der Waals surface area contributed by atoms with Crippen LogP contribution in [0, 0.1) is 40.4 Å². The predicted molar refractivity (Wildman–Crippen MR) is 90.6 cm³/mol. The molecule has 1 heteroatoms. The molecule has 0 aromatic carbocycles. The molecule has 0 bridgehead atoms. The van der Waals surface area contributed by atoms with Crippen molar-refractivity contribution in [3.05, 3.63) is 0 Å². The van der Waals surface area contributed by atoms with E-state index in [0.717, 1.165) is 11.8 Å². The molecule has 0 amide bonds. The summed E-state index contributed by atoms with van der Waals surface area (Å²) in [6, 6.07) is 0.304. The normalized spacial score (nSPS) is 37.8. The summed E-state index contributed by atoms with van der Waals surface area (Å²) in [6.45, 7) is 21.7. The Bertz CT molecular complexity index is 290. The molecule has 0 heterocycles. The van der Waals surface area contributed by atoms with E-state index in [2.05, 4.69) is 62.3 Å². The fourth-order valence-corrected chi connectivity index (χ4v) is 4.56. The highest BCUT2D eigenvalue weighted by molar-refractivity contribution is 4.98. The van der Waals surface area contributed by atoms with Crippen molar-refractivity contribution in [1.82, 2.24) is 0 Å². The lowest BCUT2D eigenvalue weighted by Crippen LogP contribution is -2.53. The van der Waals surface area contributed by atoms with Gasteiger partial charge in [0.2, 0.25) is 0 Å². The lowest BCUT2D eigenvalue weighted by molar-refractivity contribution is -0.00564. The Kier molecular flexibility index (Phi) is 5.39. The maximum absolute atomic E-state index is 6.80. The van der Waals surface area contributed by atoms with Gasteiger partial charge < -0.3 is 5.73 Å². The second-order valence-electron chi connectivity index (χ2n) is 9.53. The smallest absolute Gasteiger partial charge is 0.0124 e. The van der Waals surface area contributed by atoms with Gasteiger partial charge in [0.15, 0.2) is 0 Å². The van der Waals surface area contributed by atoms with Gasteiger partial charge >= 0.3 is 0 Å². The summed E-state index contributed by atoms with van der Waals surface area (Å²) in [7, 11) is 0. The van der Waals surface area contributed by atoms with Crippen molar-refractivity contribution in [3.8, 4) is 0 Å². The van der Waals surface area contributed by atoms with Crippen LogP contribution < -0.4 is 5.73 Å². The summed E-state index contributed by atoms with van der Waals surface area (Å²) in [6.07, 6.45) is 2.61. The third-order valence-corrected chi connectivity index (χ3v) is 6.42. The zero-order valence-corrected chi connectivity index (χ0v) is 15.5. The highest BCUT2D eigenvalue weighted by atomic mass is 14.7. The Balaban J connectivity index is 3.20. The lowest BCUT2D eigenvalue weighted by atomic mass is 9.55. The minimum atomic E-state index is 0.245. The van der Waals surface area contributed by atoms with Crippen molar-refractivity contribution in [1.29, 1.82) is 0 Å². The van der Waals surface area contributed by atoms with Crippen LogP contribution in [0.3, 0.4) is 0 Å². The average molecular weight is 282 g/mol. The van der Waals surface area contributed by atoms with Gasteiger partial charge in [-0.3, -0.25) is 0 Å². The van der Waals surface area contributed by atoms with E-state index in [-0.39, 0.29) is 5.41 Å². The molecule has 1 rings (SSSR count). The van der Waals surface area contributed by atoms with Gasteiger partial charge in [-0.15, -0.1) is 0 Å². The third-order valence-electron chi connectivity index (χ3n) is 6.42. The first-order valence-electron chi connectivity index (χ1n) is 8.65. The standard InChI is InChI=1S/C19H39N/c1-12(2)15-10-18(6,7)14(5)16(13(3)4)17(20)19(8,9)11-15/h12-17H,10-11,20H2,1-9H3. The van der Waals surface area contributed by atoms with Gasteiger partial charge in [-0.05, 0) is 53.3 Å². The lowest BCUT2D eigenvalue weighted by Gasteiger charge is -2.52. The summed E-state index contributed by atoms with van der Waals surface area (Å²) in [5.41, 5.74) is 7.43. The second-order valence-corrected chi connectivity index (χ2v) is 9.53. The van der Waals surface area contributed by atoms with Crippen LogP contribution in [0.5, 0.6) is 0 Å². The van der Waals surface area contributed by atoms with Gasteiger partial charge in [0, 0.05) is 6.04 Å². The van der Waals surface area contributed by atoms with E-state index in [9.17, 15) is 0 Å². The average Bonchev–Trinajstić information content (AvgIpc) is 2.25. The van der Waals surface area contributed by atoms with Crippen molar-refractivity contribution < 1.29 is 0 Å². The zero-order valence-electron chi connectivity index (χ0n) is 15.5. The van der Waals surface area contributed by atoms with Crippen molar-refractivity contribution in [3.63, 3.8) is 0 Å². The van der Waals surface area contributed by atoms with Crippen molar-refractivity contribution in [2.24, 2.45) is 46.2 Å². The molecule has 0 saturated heterocycles. The van der Waals surface area contributed by atoms with E-state index in [4.69, 9.17) is 5.73 Å². The van der Waals surface area contributed by atoms with Gasteiger partial charge in [-0.1, -0.05) is 62.3 Å². The molecule has 0 aromatic rings. The Hall–Kier alpha value is -0.0400. The third kappa shape index (κ3) is 3.59. The quantitative estimate of drug-likeness (QED) is 0.726. The highest BCUT2D eigenvalue weighted by Crippen LogP contribution is 2.51. The molecular weight excluding hydrogens is 242 g/mol. The molecule has 0 radical (unpaired) electrons. The van der Waals surface area contributed by atoms with Gasteiger partial charge in [0.05, 0.1) is 0 Å². The molecule has 0 aliphatic heterocycles. The maximum Gasteiger partial charge on any atom is 0.0124 e. The molecule has 0 aromatic heterocycles. The van der Waals surface area contributed by atoms with Gasteiger partial charge in [-0.25, -0.2) is 0 Å². The molecule has 20 heavy (non-hydrogen) atoms. The Labute approximate surface area is 128 Å². The minimum absolute atomic E-state index is 0.245. The molecule has 1 aliphatic carbocycles. The molecule has 1 saturated carbocycles. The molecule has 4 atom stereocenters. The van der Waals surface area contributed by atoms with Crippen LogP contribution in [0.25, 0.3) is 0 Å². The first-order valence-corrected chi connectivity index (χ1v) is 8.65. The van der Waals surface area contributed by atoms with E-state index in [1.807, 2.05) is 0 Å². The molecule has 1 aliphatic rings. The van der Waals surface area contributed by atoms with Gasteiger partial charge in [0.1, 0.15) is 0 Å². The summed E-state index contributed by atoms with van der Waals surface area (Å²) in [4.78, 5) is 0. The predicted octanol–water partition coefficient (Wildman–Crippen LogP) is 5.34. The molecule has 1 nitrogen and oxygen atoms in total. The Morgan fingerprint density at radius 2 is 1.30 bits per heavy atom. The highest BCUT2D eigenvalue weighted by Gasteiger charge is 2.46. The molecule has 4 unspecified atom stereocenters. The molecule has 0 spiro atoms. The number of rotatable bonds is 2. The van der Waals surface area contributed by atoms with E-state index >= 15 is 0 Å². The SMILES string of the molecule is CC(C)C1CC(C)(C)C(C)C(C(C)C)C(N)C(C)(C)C1. The van der Waals surface area contributed by atoms with Crippen LogP contribution in [-0.4, -0.2) is 6.04 Å².